The Morgan fingerprint density at radius 2 is 1.17 bits per heavy atom. The molecule has 1 aliphatic rings. The molecule has 0 aromatic carbocycles. The molecule has 0 unspecified atom stereocenters. The number of hydrogen-bond donors (Lipinski definition) is 0. The highest BCUT2D eigenvalue weighted by Crippen LogP contribution is 2.35. The van der Waals surface area contributed by atoms with Crippen LogP contribution in [0, 0.1) is 6.42 Å². The van der Waals surface area contributed by atoms with E-state index in [1.165, 1.54) is 0 Å². The van der Waals surface area contributed by atoms with Crippen molar-refractivity contribution >= 4 is 0 Å². The van der Waals surface area contributed by atoms with Crippen LogP contribution in [0.5, 0.6) is 0 Å². The summed E-state index contributed by atoms with van der Waals surface area (Å²) in [5, 5.41) is 0. The van der Waals surface area contributed by atoms with Crippen molar-refractivity contribution < 1.29 is 19.6 Å². The minimum absolute atomic E-state index is 0.362. The van der Waals surface area contributed by atoms with E-state index in [1.807, 2.05) is 41.5 Å². The van der Waals surface area contributed by atoms with Crippen molar-refractivity contribution in [3.63, 3.8) is 0 Å². The maximum Gasteiger partial charge on any atom is 0.234 e. The number of hydrogen-bond acceptors (Lipinski definition) is 4. The van der Waals surface area contributed by atoms with Crippen LogP contribution in [0.15, 0.2) is 0 Å². The highest BCUT2D eigenvalue weighted by molar-refractivity contribution is 4.82. The molecule has 1 aliphatic carbocycles. The van der Waals surface area contributed by atoms with Crippen LogP contribution in [-0.2, 0) is 19.6 Å². The molecule has 4 heteroatoms. The van der Waals surface area contributed by atoms with Gasteiger partial charge >= 0.3 is 0 Å². The van der Waals surface area contributed by atoms with Crippen molar-refractivity contribution in [3.05, 3.63) is 6.42 Å². The van der Waals surface area contributed by atoms with Crippen LogP contribution < -0.4 is 0 Å². The fraction of sp³-hybridized carbons (Fsp3) is 0.929. The first-order chi connectivity index (χ1) is 8.12. The zero-order valence-electron chi connectivity index (χ0n) is 12.5. The normalized spacial score (nSPS) is 21.0. The van der Waals surface area contributed by atoms with Gasteiger partial charge in [-0.1, -0.05) is 0 Å². The number of rotatable bonds is 4. The van der Waals surface area contributed by atoms with Gasteiger partial charge in [0.2, 0.25) is 5.79 Å². The molecule has 0 saturated heterocycles. The molecule has 107 valence electrons. The smallest absolute Gasteiger partial charge is 0.228 e. The molecule has 0 spiro atoms. The zero-order chi connectivity index (χ0) is 13.9. The maximum absolute atomic E-state index is 5.56. The summed E-state index contributed by atoms with van der Waals surface area (Å²) < 4.78 is 0. The van der Waals surface area contributed by atoms with Gasteiger partial charge in [-0.15, -0.1) is 0 Å². The average Bonchev–Trinajstić information content (AvgIpc) is 2.24. The van der Waals surface area contributed by atoms with Gasteiger partial charge in [-0.05, 0) is 60.8 Å². The summed E-state index contributed by atoms with van der Waals surface area (Å²) in [5.41, 5.74) is -0.724. The molecule has 0 N–H and O–H groups in total. The van der Waals surface area contributed by atoms with Crippen LogP contribution in [0.2, 0.25) is 0 Å². The van der Waals surface area contributed by atoms with Crippen LogP contribution in [0.4, 0.5) is 0 Å². The first kappa shape index (κ1) is 15.9. The lowest BCUT2D eigenvalue weighted by Gasteiger charge is -2.37. The van der Waals surface area contributed by atoms with Crippen LogP contribution in [0.1, 0.15) is 67.2 Å². The van der Waals surface area contributed by atoms with E-state index in [0.717, 1.165) is 25.7 Å². The van der Waals surface area contributed by atoms with Gasteiger partial charge in [0, 0.05) is 12.8 Å². The van der Waals surface area contributed by atoms with E-state index in [1.54, 1.807) is 0 Å². The van der Waals surface area contributed by atoms with Crippen LogP contribution in [0.3, 0.4) is 0 Å². The molecule has 0 bridgehead atoms. The molecule has 18 heavy (non-hydrogen) atoms. The average molecular weight is 259 g/mol. The quantitative estimate of drug-likeness (QED) is 0.435. The first-order valence-corrected chi connectivity index (χ1v) is 6.67. The fourth-order valence-corrected chi connectivity index (χ4v) is 1.50. The van der Waals surface area contributed by atoms with E-state index in [2.05, 4.69) is 6.42 Å². The lowest BCUT2D eigenvalue weighted by atomic mass is 9.94. The summed E-state index contributed by atoms with van der Waals surface area (Å²) in [6.07, 6.45) is 5.62. The molecular formula is C14H27O4. The van der Waals surface area contributed by atoms with E-state index >= 15 is 0 Å². The van der Waals surface area contributed by atoms with E-state index in [0.29, 0.717) is 0 Å². The third-order valence-electron chi connectivity index (χ3n) is 2.35. The molecule has 0 amide bonds. The van der Waals surface area contributed by atoms with E-state index in [9.17, 15) is 0 Å². The topological polar surface area (TPSA) is 36.9 Å². The Morgan fingerprint density at radius 3 is 1.50 bits per heavy atom. The minimum atomic E-state index is -0.782. The maximum atomic E-state index is 5.56. The largest absolute Gasteiger partial charge is 0.234 e. The zero-order valence-corrected chi connectivity index (χ0v) is 12.5. The summed E-state index contributed by atoms with van der Waals surface area (Å²) in [4.78, 5) is 22.0. The molecular weight excluding hydrogens is 232 g/mol. The van der Waals surface area contributed by atoms with E-state index in [-0.39, 0.29) is 11.2 Å². The van der Waals surface area contributed by atoms with Crippen molar-refractivity contribution in [1.29, 1.82) is 0 Å². The highest BCUT2D eigenvalue weighted by Gasteiger charge is 2.39. The van der Waals surface area contributed by atoms with E-state index < -0.39 is 5.79 Å². The predicted octanol–water partition coefficient (Wildman–Crippen LogP) is 3.95. The third-order valence-corrected chi connectivity index (χ3v) is 2.35. The molecule has 0 atom stereocenters. The summed E-state index contributed by atoms with van der Waals surface area (Å²) in [6, 6.07) is 0. The van der Waals surface area contributed by atoms with Gasteiger partial charge in [0.05, 0.1) is 11.2 Å². The Labute approximate surface area is 111 Å². The Morgan fingerprint density at radius 1 is 0.778 bits per heavy atom. The van der Waals surface area contributed by atoms with Gasteiger partial charge in [0.1, 0.15) is 0 Å². The van der Waals surface area contributed by atoms with Crippen LogP contribution in [0.25, 0.3) is 0 Å². The molecule has 1 radical (unpaired) electrons. The Hall–Kier alpha value is -0.160. The van der Waals surface area contributed by atoms with Gasteiger partial charge in [-0.25, -0.2) is 9.78 Å². The second-order valence-electron chi connectivity index (χ2n) is 6.83. The molecule has 1 saturated carbocycles. The Kier molecular flexibility index (Phi) is 5.18. The lowest BCUT2D eigenvalue weighted by Crippen LogP contribution is -2.42. The summed E-state index contributed by atoms with van der Waals surface area (Å²) >= 11 is 0. The van der Waals surface area contributed by atoms with Gasteiger partial charge in [-0.2, -0.15) is 9.78 Å². The van der Waals surface area contributed by atoms with Crippen molar-refractivity contribution in [2.75, 3.05) is 0 Å². The second-order valence-corrected chi connectivity index (χ2v) is 6.83. The molecule has 4 nitrogen and oxygen atoms in total. The van der Waals surface area contributed by atoms with Crippen LogP contribution in [-0.4, -0.2) is 17.0 Å². The van der Waals surface area contributed by atoms with Gasteiger partial charge in [-0.3, -0.25) is 0 Å². The molecule has 0 aromatic heterocycles. The molecule has 0 aromatic rings. The fourth-order valence-electron chi connectivity index (χ4n) is 1.50. The predicted molar refractivity (Wildman–Crippen MR) is 69.3 cm³/mol. The highest BCUT2D eigenvalue weighted by atomic mass is 17.3. The molecule has 0 heterocycles. The Bertz CT molecular complexity index is 224. The van der Waals surface area contributed by atoms with Gasteiger partial charge < -0.3 is 0 Å². The van der Waals surface area contributed by atoms with Crippen molar-refractivity contribution in [2.45, 2.75) is 84.2 Å². The van der Waals surface area contributed by atoms with Crippen molar-refractivity contribution in [2.24, 2.45) is 0 Å². The van der Waals surface area contributed by atoms with Crippen molar-refractivity contribution in [1.82, 2.24) is 0 Å². The molecule has 1 rings (SSSR count). The van der Waals surface area contributed by atoms with Gasteiger partial charge in [0.15, 0.2) is 0 Å². The third kappa shape index (κ3) is 6.14. The van der Waals surface area contributed by atoms with Crippen LogP contribution >= 0.6 is 0 Å². The summed E-state index contributed by atoms with van der Waals surface area (Å²) in [5.74, 6) is -0.782. The lowest BCUT2D eigenvalue weighted by molar-refractivity contribution is -0.544. The first-order valence-electron chi connectivity index (χ1n) is 6.67. The summed E-state index contributed by atoms with van der Waals surface area (Å²) in [7, 11) is 0. The van der Waals surface area contributed by atoms with E-state index in [4.69, 9.17) is 19.6 Å². The SMILES string of the molecule is CC(C)(C)OOC1(OOC(C)(C)C)CC[CH]CC1. The summed E-state index contributed by atoms with van der Waals surface area (Å²) in [6.45, 7) is 11.7. The molecule has 1 fully saturated rings. The van der Waals surface area contributed by atoms with Crippen molar-refractivity contribution in [3.8, 4) is 0 Å². The Balaban J connectivity index is 2.57. The standard InChI is InChI=1S/C14H27O4/c1-12(2,3)15-17-14(10-8-7-9-11-14)18-16-13(4,5)6/h7H,8-11H2,1-6H3. The molecule has 0 aliphatic heterocycles. The minimum Gasteiger partial charge on any atom is -0.228 e. The monoisotopic (exact) mass is 259 g/mol. The van der Waals surface area contributed by atoms with Gasteiger partial charge in [0.25, 0.3) is 0 Å². The second kappa shape index (κ2) is 5.87.